The summed E-state index contributed by atoms with van der Waals surface area (Å²) in [5.74, 6) is 0.918. The van der Waals surface area contributed by atoms with Gasteiger partial charge in [0, 0.05) is 5.54 Å². The SMILES string of the molecule is NC1(CC(CF)C2CCCC2)CC1. The molecule has 0 radical (unpaired) electrons. The highest BCUT2D eigenvalue weighted by Crippen LogP contribution is 2.43. The zero-order valence-electron chi connectivity index (χ0n) is 8.27. The molecule has 76 valence electrons. The van der Waals surface area contributed by atoms with Crippen LogP contribution in [0.1, 0.15) is 44.9 Å². The van der Waals surface area contributed by atoms with E-state index in [2.05, 4.69) is 0 Å². The third-order valence-electron chi connectivity index (χ3n) is 3.83. The predicted molar refractivity (Wildman–Crippen MR) is 52.2 cm³/mol. The van der Waals surface area contributed by atoms with Crippen LogP contribution in [0.15, 0.2) is 0 Å². The second-order valence-electron chi connectivity index (χ2n) is 5.03. The molecule has 2 fully saturated rings. The molecule has 0 amide bonds. The first-order valence-corrected chi connectivity index (χ1v) is 5.58. The summed E-state index contributed by atoms with van der Waals surface area (Å²) in [7, 11) is 0. The first-order valence-electron chi connectivity index (χ1n) is 5.58. The van der Waals surface area contributed by atoms with Gasteiger partial charge in [0.1, 0.15) is 0 Å². The highest BCUT2D eigenvalue weighted by Gasteiger charge is 2.41. The van der Waals surface area contributed by atoms with Gasteiger partial charge in [-0.15, -0.1) is 0 Å². The minimum absolute atomic E-state index is 0.0410. The molecule has 2 saturated carbocycles. The summed E-state index contributed by atoms with van der Waals surface area (Å²) in [6.45, 7) is -0.149. The molecule has 0 aromatic carbocycles. The smallest absolute Gasteiger partial charge is 0.0925 e. The Morgan fingerprint density at radius 2 is 1.92 bits per heavy atom. The van der Waals surface area contributed by atoms with E-state index in [0.717, 1.165) is 19.3 Å². The number of rotatable bonds is 4. The van der Waals surface area contributed by atoms with Gasteiger partial charge in [0.2, 0.25) is 0 Å². The Bertz CT molecular complexity index is 171. The van der Waals surface area contributed by atoms with Gasteiger partial charge in [-0.05, 0) is 31.1 Å². The lowest BCUT2D eigenvalue weighted by atomic mass is 9.86. The predicted octanol–water partition coefficient (Wildman–Crippen LogP) is 2.64. The average molecular weight is 185 g/mol. The zero-order chi connectivity index (χ0) is 9.31. The van der Waals surface area contributed by atoms with E-state index in [1.165, 1.54) is 25.7 Å². The Hall–Kier alpha value is -0.110. The Kier molecular flexibility index (Phi) is 2.59. The summed E-state index contributed by atoms with van der Waals surface area (Å²) < 4.78 is 12.8. The summed E-state index contributed by atoms with van der Waals surface area (Å²) in [6.07, 6.45) is 8.27. The van der Waals surface area contributed by atoms with Gasteiger partial charge < -0.3 is 5.73 Å². The fourth-order valence-electron chi connectivity index (χ4n) is 2.66. The van der Waals surface area contributed by atoms with Crippen molar-refractivity contribution in [2.75, 3.05) is 6.67 Å². The van der Waals surface area contributed by atoms with Crippen LogP contribution in [0.2, 0.25) is 0 Å². The molecule has 1 nitrogen and oxygen atoms in total. The maximum atomic E-state index is 12.8. The van der Waals surface area contributed by atoms with Gasteiger partial charge in [-0.1, -0.05) is 25.7 Å². The van der Waals surface area contributed by atoms with Crippen LogP contribution in [0.25, 0.3) is 0 Å². The van der Waals surface area contributed by atoms with Crippen LogP contribution < -0.4 is 5.73 Å². The summed E-state index contributed by atoms with van der Waals surface area (Å²) in [5, 5.41) is 0. The van der Waals surface area contributed by atoms with Crippen molar-refractivity contribution in [3.63, 3.8) is 0 Å². The van der Waals surface area contributed by atoms with Crippen molar-refractivity contribution < 1.29 is 4.39 Å². The number of hydrogen-bond donors (Lipinski definition) is 1. The summed E-state index contributed by atoms with van der Waals surface area (Å²) in [5.41, 5.74) is 6.07. The summed E-state index contributed by atoms with van der Waals surface area (Å²) >= 11 is 0. The van der Waals surface area contributed by atoms with E-state index in [0.29, 0.717) is 5.92 Å². The third kappa shape index (κ3) is 2.22. The Morgan fingerprint density at radius 1 is 1.31 bits per heavy atom. The molecule has 1 atom stereocenters. The van der Waals surface area contributed by atoms with Gasteiger partial charge in [0.15, 0.2) is 0 Å². The fourth-order valence-corrected chi connectivity index (χ4v) is 2.66. The Balaban J connectivity index is 1.84. The molecule has 0 aliphatic heterocycles. The van der Waals surface area contributed by atoms with Crippen LogP contribution in [0.4, 0.5) is 4.39 Å². The summed E-state index contributed by atoms with van der Waals surface area (Å²) in [4.78, 5) is 0. The molecule has 13 heavy (non-hydrogen) atoms. The van der Waals surface area contributed by atoms with Crippen molar-refractivity contribution in [2.24, 2.45) is 17.6 Å². The molecule has 0 saturated heterocycles. The van der Waals surface area contributed by atoms with E-state index in [-0.39, 0.29) is 18.1 Å². The maximum absolute atomic E-state index is 12.8. The zero-order valence-corrected chi connectivity index (χ0v) is 8.27. The van der Waals surface area contributed by atoms with Crippen LogP contribution in [0.3, 0.4) is 0 Å². The van der Waals surface area contributed by atoms with Gasteiger partial charge in [0.25, 0.3) is 0 Å². The molecule has 0 aromatic rings. The number of nitrogens with two attached hydrogens (primary N) is 1. The van der Waals surface area contributed by atoms with Crippen molar-refractivity contribution in [3.8, 4) is 0 Å². The van der Waals surface area contributed by atoms with Gasteiger partial charge in [-0.2, -0.15) is 0 Å². The fraction of sp³-hybridized carbons (Fsp3) is 1.00. The second kappa shape index (κ2) is 3.56. The molecule has 0 aromatic heterocycles. The van der Waals surface area contributed by atoms with E-state index in [1.807, 2.05) is 0 Å². The molecule has 0 heterocycles. The Labute approximate surface area is 79.9 Å². The van der Waals surface area contributed by atoms with Crippen LogP contribution in [0.5, 0.6) is 0 Å². The lowest BCUT2D eigenvalue weighted by Crippen LogP contribution is -2.29. The second-order valence-corrected chi connectivity index (χ2v) is 5.03. The van der Waals surface area contributed by atoms with E-state index >= 15 is 0 Å². The topological polar surface area (TPSA) is 26.0 Å². The summed E-state index contributed by atoms with van der Waals surface area (Å²) in [6, 6.07) is 0. The van der Waals surface area contributed by atoms with Gasteiger partial charge >= 0.3 is 0 Å². The normalized spacial score (nSPS) is 29.1. The van der Waals surface area contributed by atoms with Crippen LogP contribution in [0, 0.1) is 11.8 Å². The number of halogens is 1. The Morgan fingerprint density at radius 3 is 2.38 bits per heavy atom. The van der Waals surface area contributed by atoms with Crippen LogP contribution >= 0.6 is 0 Å². The average Bonchev–Trinajstić information content (AvgIpc) is 2.69. The highest BCUT2D eigenvalue weighted by molar-refractivity contribution is 5.00. The molecule has 1 unspecified atom stereocenters. The number of hydrogen-bond acceptors (Lipinski definition) is 1. The van der Waals surface area contributed by atoms with Gasteiger partial charge in [-0.25, -0.2) is 0 Å². The quantitative estimate of drug-likeness (QED) is 0.716. The standard InChI is InChI=1S/C11H20FN/c12-8-10(7-11(13)5-6-11)9-3-1-2-4-9/h9-10H,1-8,13H2. The van der Waals surface area contributed by atoms with E-state index in [1.54, 1.807) is 0 Å². The lowest BCUT2D eigenvalue weighted by Gasteiger charge is -2.23. The van der Waals surface area contributed by atoms with Crippen molar-refractivity contribution in [1.82, 2.24) is 0 Å². The first-order chi connectivity index (χ1) is 6.23. The van der Waals surface area contributed by atoms with Crippen molar-refractivity contribution in [2.45, 2.75) is 50.5 Å². The van der Waals surface area contributed by atoms with Gasteiger partial charge in [-0.3, -0.25) is 4.39 Å². The van der Waals surface area contributed by atoms with Gasteiger partial charge in [0.05, 0.1) is 6.67 Å². The van der Waals surface area contributed by atoms with Crippen molar-refractivity contribution in [3.05, 3.63) is 0 Å². The molecular formula is C11H20FN. The minimum atomic E-state index is -0.149. The monoisotopic (exact) mass is 185 g/mol. The first kappa shape index (κ1) is 9.45. The maximum Gasteiger partial charge on any atom is 0.0925 e. The van der Waals surface area contributed by atoms with Crippen LogP contribution in [-0.4, -0.2) is 12.2 Å². The number of alkyl halides is 1. The van der Waals surface area contributed by atoms with Crippen molar-refractivity contribution >= 4 is 0 Å². The van der Waals surface area contributed by atoms with E-state index in [4.69, 9.17) is 5.73 Å². The van der Waals surface area contributed by atoms with Crippen LogP contribution in [-0.2, 0) is 0 Å². The molecule has 0 spiro atoms. The van der Waals surface area contributed by atoms with E-state index in [9.17, 15) is 4.39 Å². The minimum Gasteiger partial charge on any atom is -0.325 e. The third-order valence-corrected chi connectivity index (χ3v) is 3.83. The lowest BCUT2D eigenvalue weighted by molar-refractivity contribution is 0.230. The molecule has 0 bridgehead atoms. The molecule has 2 heteroatoms. The molecule has 2 aliphatic rings. The van der Waals surface area contributed by atoms with Crippen molar-refractivity contribution in [1.29, 1.82) is 0 Å². The molecular weight excluding hydrogens is 165 g/mol. The molecule has 2 rings (SSSR count). The largest absolute Gasteiger partial charge is 0.325 e. The highest BCUT2D eigenvalue weighted by atomic mass is 19.1. The van der Waals surface area contributed by atoms with E-state index < -0.39 is 0 Å². The molecule has 2 N–H and O–H groups in total. The molecule has 2 aliphatic carbocycles.